The van der Waals surface area contributed by atoms with E-state index in [9.17, 15) is 0 Å². The Balaban J connectivity index is 0.000000291. The number of hydrogen-bond donors (Lipinski definition) is 2. The van der Waals surface area contributed by atoms with Crippen LogP contribution in [0.5, 0.6) is 0 Å². The lowest BCUT2D eigenvalue weighted by Crippen LogP contribution is -2.26. The minimum Gasteiger partial charge on any atom is -0.333 e. The second-order valence-electron chi connectivity index (χ2n) is 2.43. The largest absolute Gasteiger partial charge is 0.333 e. The van der Waals surface area contributed by atoms with Gasteiger partial charge in [-0.05, 0) is 38.9 Å². The monoisotopic (exact) mass is 130 g/mol. The van der Waals surface area contributed by atoms with Gasteiger partial charge in [-0.2, -0.15) is 0 Å². The smallest absolute Gasteiger partial charge is 0.00464 e. The van der Waals surface area contributed by atoms with E-state index >= 15 is 0 Å². The Labute approximate surface area is 57.8 Å². The van der Waals surface area contributed by atoms with Crippen molar-refractivity contribution in [3.63, 3.8) is 0 Å². The van der Waals surface area contributed by atoms with Crippen molar-refractivity contribution < 1.29 is 0 Å². The maximum atomic E-state index is 4.50. The first-order chi connectivity index (χ1) is 4.39. The van der Waals surface area contributed by atoms with Crippen molar-refractivity contribution >= 4 is 0 Å². The third-order valence-electron chi connectivity index (χ3n) is 1.63. The summed E-state index contributed by atoms with van der Waals surface area (Å²) in [5, 5.41) is 3.32. The molecule has 0 aromatic heterocycles. The molecule has 0 bridgehead atoms. The molecule has 1 saturated heterocycles. The molecule has 1 rings (SSSR count). The van der Waals surface area contributed by atoms with Crippen LogP contribution in [0.3, 0.4) is 0 Å². The van der Waals surface area contributed by atoms with Crippen LogP contribution in [0.2, 0.25) is 0 Å². The van der Waals surface area contributed by atoms with E-state index in [1.165, 1.54) is 33.0 Å². The first kappa shape index (κ1) is 8.92. The molecule has 0 spiro atoms. The zero-order chi connectivity index (χ0) is 7.11. The van der Waals surface area contributed by atoms with Crippen molar-refractivity contribution in [3.8, 4) is 0 Å². The van der Waals surface area contributed by atoms with Gasteiger partial charge in [-0.15, -0.1) is 0 Å². The van der Waals surface area contributed by atoms with E-state index in [4.69, 9.17) is 0 Å². The van der Waals surface area contributed by atoms with Crippen molar-refractivity contribution in [3.05, 3.63) is 0 Å². The third kappa shape index (κ3) is 4.43. The highest BCUT2D eigenvalue weighted by atomic mass is 14.9. The molecule has 1 fully saturated rings. The van der Waals surface area contributed by atoms with Crippen LogP contribution in [0, 0.1) is 5.92 Å². The number of nitrogens with one attached hydrogen (secondary N) is 1. The highest BCUT2D eigenvalue weighted by Crippen LogP contribution is 2.08. The van der Waals surface area contributed by atoms with Crippen LogP contribution in [0.1, 0.15) is 19.8 Å². The Morgan fingerprint density at radius 3 is 1.89 bits per heavy atom. The summed E-state index contributed by atoms with van der Waals surface area (Å²) in [6.45, 7) is 4.79. The van der Waals surface area contributed by atoms with Gasteiger partial charge in [-0.3, -0.25) is 0 Å². The van der Waals surface area contributed by atoms with E-state index in [2.05, 4.69) is 18.0 Å². The fourth-order valence-electron chi connectivity index (χ4n) is 0.966. The quantitative estimate of drug-likeness (QED) is 0.503. The van der Waals surface area contributed by atoms with Gasteiger partial charge in [0.15, 0.2) is 0 Å². The fourth-order valence-corrected chi connectivity index (χ4v) is 0.966. The van der Waals surface area contributed by atoms with Crippen molar-refractivity contribution in [2.45, 2.75) is 19.8 Å². The van der Waals surface area contributed by atoms with Gasteiger partial charge in [0.05, 0.1) is 0 Å². The van der Waals surface area contributed by atoms with Crippen molar-refractivity contribution in [1.82, 2.24) is 5.32 Å². The first-order valence-corrected chi connectivity index (χ1v) is 3.68. The van der Waals surface area contributed by atoms with Crippen molar-refractivity contribution in [2.24, 2.45) is 11.7 Å². The summed E-state index contributed by atoms with van der Waals surface area (Å²) in [5.41, 5.74) is 4.50. The highest BCUT2D eigenvalue weighted by Gasteiger charge is 2.04. The van der Waals surface area contributed by atoms with Crippen molar-refractivity contribution in [1.29, 1.82) is 0 Å². The minimum atomic E-state index is 0.973. The van der Waals surface area contributed by atoms with Crippen LogP contribution < -0.4 is 11.1 Å². The molecule has 0 unspecified atom stereocenters. The van der Waals surface area contributed by atoms with E-state index in [1.54, 1.807) is 0 Å². The average molecular weight is 130 g/mol. The molecular formula is C7H18N2. The summed E-state index contributed by atoms with van der Waals surface area (Å²) in [7, 11) is 1.50. The maximum absolute atomic E-state index is 4.50. The normalized spacial score (nSPS) is 20.3. The van der Waals surface area contributed by atoms with Gasteiger partial charge >= 0.3 is 0 Å². The summed E-state index contributed by atoms with van der Waals surface area (Å²) < 4.78 is 0. The molecular weight excluding hydrogens is 112 g/mol. The molecule has 56 valence electrons. The molecule has 3 N–H and O–H groups in total. The molecule has 0 saturated carbocycles. The van der Waals surface area contributed by atoms with E-state index < -0.39 is 0 Å². The summed E-state index contributed by atoms with van der Waals surface area (Å²) in [6.07, 6.45) is 2.75. The van der Waals surface area contributed by atoms with Crippen LogP contribution in [0.4, 0.5) is 0 Å². The van der Waals surface area contributed by atoms with E-state index in [0.29, 0.717) is 0 Å². The molecule has 0 aliphatic carbocycles. The summed E-state index contributed by atoms with van der Waals surface area (Å²) in [4.78, 5) is 0. The predicted molar refractivity (Wildman–Crippen MR) is 41.4 cm³/mol. The number of piperidine rings is 1. The van der Waals surface area contributed by atoms with Crippen LogP contribution in [-0.4, -0.2) is 20.1 Å². The number of hydrogen-bond acceptors (Lipinski definition) is 2. The lowest BCUT2D eigenvalue weighted by molar-refractivity contribution is 0.402. The molecule has 0 amide bonds. The Kier molecular flexibility index (Phi) is 5.99. The Morgan fingerprint density at radius 2 is 1.67 bits per heavy atom. The lowest BCUT2D eigenvalue weighted by atomic mass is 10.0. The van der Waals surface area contributed by atoms with Crippen LogP contribution in [-0.2, 0) is 0 Å². The molecule has 0 aromatic rings. The third-order valence-corrected chi connectivity index (χ3v) is 1.63. The van der Waals surface area contributed by atoms with Gasteiger partial charge in [0, 0.05) is 0 Å². The lowest BCUT2D eigenvalue weighted by Gasteiger charge is -2.17. The first-order valence-electron chi connectivity index (χ1n) is 3.68. The zero-order valence-corrected chi connectivity index (χ0v) is 6.48. The van der Waals surface area contributed by atoms with Crippen LogP contribution in [0.15, 0.2) is 0 Å². The molecule has 1 aliphatic rings. The number of nitrogens with two attached hydrogens (primary N) is 1. The van der Waals surface area contributed by atoms with Crippen LogP contribution in [0.25, 0.3) is 0 Å². The van der Waals surface area contributed by atoms with E-state index in [1.807, 2.05) is 0 Å². The SMILES string of the molecule is CC1CCNCC1.CN. The van der Waals surface area contributed by atoms with E-state index in [-0.39, 0.29) is 0 Å². The predicted octanol–water partition coefficient (Wildman–Crippen LogP) is 0.581. The van der Waals surface area contributed by atoms with Gasteiger partial charge in [0.1, 0.15) is 0 Å². The molecule has 2 nitrogen and oxygen atoms in total. The average Bonchev–Trinajstić information content (AvgIpc) is 1.94. The second kappa shape index (κ2) is 6.05. The highest BCUT2D eigenvalue weighted by molar-refractivity contribution is 4.62. The molecule has 1 heterocycles. The molecule has 2 heteroatoms. The summed E-state index contributed by atoms with van der Waals surface area (Å²) >= 11 is 0. The Hall–Kier alpha value is -0.0800. The maximum Gasteiger partial charge on any atom is -0.00464 e. The zero-order valence-electron chi connectivity index (χ0n) is 6.48. The standard InChI is InChI=1S/C6H13N.CH5N/c1-6-2-4-7-5-3-6;1-2/h6-7H,2-5H2,1H3;2H2,1H3. The molecule has 9 heavy (non-hydrogen) atoms. The van der Waals surface area contributed by atoms with Gasteiger partial charge in [-0.25, -0.2) is 0 Å². The minimum absolute atomic E-state index is 0.973. The number of rotatable bonds is 0. The molecule has 0 atom stereocenters. The Bertz CT molecular complexity index is 48.9. The van der Waals surface area contributed by atoms with Gasteiger partial charge in [-0.1, -0.05) is 6.92 Å². The summed E-state index contributed by atoms with van der Waals surface area (Å²) in [6, 6.07) is 0. The fraction of sp³-hybridized carbons (Fsp3) is 1.00. The Morgan fingerprint density at radius 1 is 1.22 bits per heavy atom. The van der Waals surface area contributed by atoms with Gasteiger partial charge in [0.2, 0.25) is 0 Å². The molecule has 0 radical (unpaired) electrons. The molecule has 1 aliphatic heterocycles. The molecule has 0 aromatic carbocycles. The van der Waals surface area contributed by atoms with Gasteiger partial charge in [0.25, 0.3) is 0 Å². The second-order valence-corrected chi connectivity index (χ2v) is 2.43. The van der Waals surface area contributed by atoms with Crippen LogP contribution >= 0.6 is 0 Å². The topological polar surface area (TPSA) is 38.0 Å². The van der Waals surface area contributed by atoms with Gasteiger partial charge < -0.3 is 11.1 Å². The van der Waals surface area contributed by atoms with Crippen molar-refractivity contribution in [2.75, 3.05) is 20.1 Å². The summed E-state index contributed by atoms with van der Waals surface area (Å²) in [5.74, 6) is 0.973. The van der Waals surface area contributed by atoms with E-state index in [0.717, 1.165) is 5.92 Å².